The van der Waals surface area contributed by atoms with Gasteiger partial charge in [0.15, 0.2) is 0 Å². The first kappa shape index (κ1) is 17.2. The summed E-state index contributed by atoms with van der Waals surface area (Å²) in [7, 11) is 3.54. The Bertz CT molecular complexity index is 410. The zero-order valence-electron chi connectivity index (χ0n) is 13.8. The molecular weight excluding hydrogens is 286 g/mol. The fraction of sp³-hybridized carbons (Fsp3) is 0.867. The number of likely N-dealkylation sites (N-methyl/N-ethyl adjacent to an activating group) is 1. The van der Waals surface area contributed by atoms with Gasteiger partial charge in [-0.15, -0.1) is 0 Å². The van der Waals surface area contributed by atoms with Gasteiger partial charge in [-0.05, 0) is 13.5 Å². The molecule has 0 unspecified atom stereocenters. The quantitative estimate of drug-likeness (QED) is 0.667. The van der Waals surface area contributed by atoms with Crippen molar-refractivity contribution >= 4 is 11.8 Å². The number of ether oxygens (including phenoxy) is 2. The van der Waals surface area contributed by atoms with Gasteiger partial charge in [0, 0.05) is 26.6 Å². The Morgan fingerprint density at radius 2 is 2.09 bits per heavy atom. The summed E-state index contributed by atoms with van der Waals surface area (Å²) in [4.78, 5) is 27.8. The molecule has 126 valence electrons. The van der Waals surface area contributed by atoms with Crippen LogP contribution in [0.4, 0.5) is 0 Å². The van der Waals surface area contributed by atoms with E-state index >= 15 is 0 Å². The number of carbonyl (C=O) groups excluding carboxylic acids is 2. The second kappa shape index (κ2) is 7.39. The molecule has 0 saturated carbocycles. The molecule has 0 aromatic carbocycles. The molecule has 22 heavy (non-hydrogen) atoms. The molecule has 1 atom stereocenters. The molecule has 2 fully saturated rings. The van der Waals surface area contributed by atoms with E-state index in [1.165, 1.54) is 0 Å². The monoisotopic (exact) mass is 313 g/mol. The lowest BCUT2D eigenvalue weighted by atomic mass is 9.90. The first-order valence-electron chi connectivity index (χ1n) is 7.90. The number of nitrogens with one attached hydrogen (secondary N) is 1. The van der Waals surface area contributed by atoms with Crippen molar-refractivity contribution in [2.75, 3.05) is 53.6 Å². The summed E-state index contributed by atoms with van der Waals surface area (Å²) in [5, 5.41) is 2.84. The van der Waals surface area contributed by atoms with E-state index in [9.17, 15) is 9.59 Å². The fourth-order valence-corrected chi connectivity index (χ4v) is 3.05. The normalized spacial score (nSPS) is 24.1. The van der Waals surface area contributed by atoms with Crippen LogP contribution in [0, 0.1) is 0 Å². The second-order valence-corrected chi connectivity index (χ2v) is 6.21. The maximum atomic E-state index is 12.1. The highest BCUT2D eigenvalue weighted by molar-refractivity contribution is 5.82. The number of methoxy groups -OCH3 is 1. The molecule has 0 aromatic rings. The van der Waals surface area contributed by atoms with Crippen LogP contribution < -0.4 is 5.32 Å². The van der Waals surface area contributed by atoms with Crippen LogP contribution >= 0.6 is 0 Å². The SMILES string of the molecule is CCCC(=O)N1CC2(C1)CN(C)[C@@H](C(=O)NCCOC)CO2. The van der Waals surface area contributed by atoms with Gasteiger partial charge in [-0.2, -0.15) is 0 Å². The van der Waals surface area contributed by atoms with Crippen molar-refractivity contribution in [3.05, 3.63) is 0 Å². The second-order valence-electron chi connectivity index (χ2n) is 6.21. The van der Waals surface area contributed by atoms with Gasteiger partial charge < -0.3 is 19.7 Å². The third-order valence-corrected chi connectivity index (χ3v) is 4.30. The Balaban J connectivity index is 1.79. The fourth-order valence-electron chi connectivity index (χ4n) is 3.05. The van der Waals surface area contributed by atoms with Crippen LogP contribution in [0.1, 0.15) is 19.8 Å². The predicted molar refractivity (Wildman–Crippen MR) is 81.5 cm³/mol. The number of morpholine rings is 1. The smallest absolute Gasteiger partial charge is 0.239 e. The highest BCUT2D eigenvalue weighted by Crippen LogP contribution is 2.31. The van der Waals surface area contributed by atoms with Crippen molar-refractivity contribution in [2.24, 2.45) is 0 Å². The average Bonchev–Trinajstić information content (AvgIpc) is 2.44. The topological polar surface area (TPSA) is 71.1 Å². The third kappa shape index (κ3) is 3.77. The van der Waals surface area contributed by atoms with Crippen molar-refractivity contribution < 1.29 is 19.1 Å². The van der Waals surface area contributed by atoms with Crippen LogP contribution in [-0.4, -0.2) is 86.8 Å². The van der Waals surface area contributed by atoms with E-state index in [1.807, 2.05) is 23.8 Å². The Kier molecular flexibility index (Phi) is 5.77. The molecule has 2 heterocycles. The molecule has 0 radical (unpaired) electrons. The average molecular weight is 313 g/mol. The third-order valence-electron chi connectivity index (χ3n) is 4.30. The van der Waals surface area contributed by atoms with Crippen molar-refractivity contribution in [1.82, 2.24) is 15.1 Å². The van der Waals surface area contributed by atoms with E-state index in [0.29, 0.717) is 45.8 Å². The minimum absolute atomic E-state index is 0.0346. The molecule has 2 aliphatic heterocycles. The van der Waals surface area contributed by atoms with Crippen molar-refractivity contribution in [1.29, 1.82) is 0 Å². The minimum Gasteiger partial charge on any atom is -0.383 e. The van der Waals surface area contributed by atoms with Crippen LogP contribution in [0.25, 0.3) is 0 Å². The molecule has 2 aliphatic rings. The number of carbonyl (C=O) groups is 2. The van der Waals surface area contributed by atoms with Gasteiger partial charge >= 0.3 is 0 Å². The lowest BCUT2D eigenvalue weighted by Gasteiger charge is -2.54. The number of hydrogen-bond donors (Lipinski definition) is 1. The van der Waals surface area contributed by atoms with Crippen LogP contribution in [0.2, 0.25) is 0 Å². The van der Waals surface area contributed by atoms with Gasteiger partial charge in [-0.1, -0.05) is 6.92 Å². The molecular formula is C15H27N3O4. The lowest BCUT2D eigenvalue weighted by molar-refractivity contribution is -0.201. The zero-order chi connectivity index (χ0) is 16.2. The summed E-state index contributed by atoms with van der Waals surface area (Å²) >= 11 is 0. The first-order valence-corrected chi connectivity index (χ1v) is 7.90. The van der Waals surface area contributed by atoms with Gasteiger partial charge in [-0.3, -0.25) is 14.5 Å². The molecule has 1 N–H and O–H groups in total. The highest BCUT2D eigenvalue weighted by atomic mass is 16.5. The summed E-state index contributed by atoms with van der Waals surface area (Å²) in [6, 6.07) is -0.275. The molecule has 7 heteroatoms. The highest BCUT2D eigenvalue weighted by Gasteiger charge is 2.50. The molecule has 1 spiro atoms. The van der Waals surface area contributed by atoms with Crippen LogP contribution in [0.3, 0.4) is 0 Å². The number of rotatable bonds is 6. The molecule has 7 nitrogen and oxygen atoms in total. The molecule has 0 bridgehead atoms. The van der Waals surface area contributed by atoms with E-state index in [-0.39, 0.29) is 23.5 Å². The molecule has 2 amide bonds. The Morgan fingerprint density at radius 1 is 1.36 bits per heavy atom. The van der Waals surface area contributed by atoms with E-state index in [0.717, 1.165) is 6.42 Å². The van der Waals surface area contributed by atoms with E-state index in [4.69, 9.17) is 9.47 Å². The van der Waals surface area contributed by atoms with Crippen LogP contribution in [-0.2, 0) is 19.1 Å². The first-order chi connectivity index (χ1) is 10.5. The Hall–Kier alpha value is -1.18. The Morgan fingerprint density at radius 3 is 2.68 bits per heavy atom. The Labute approximate surface area is 131 Å². The van der Waals surface area contributed by atoms with Crippen molar-refractivity contribution in [3.8, 4) is 0 Å². The van der Waals surface area contributed by atoms with Crippen LogP contribution in [0.5, 0.6) is 0 Å². The predicted octanol–water partition coefficient (Wildman–Crippen LogP) is -0.539. The van der Waals surface area contributed by atoms with Crippen LogP contribution in [0.15, 0.2) is 0 Å². The van der Waals surface area contributed by atoms with Crippen molar-refractivity contribution in [2.45, 2.75) is 31.4 Å². The van der Waals surface area contributed by atoms with Crippen molar-refractivity contribution in [3.63, 3.8) is 0 Å². The van der Waals surface area contributed by atoms with Gasteiger partial charge in [0.2, 0.25) is 11.8 Å². The maximum Gasteiger partial charge on any atom is 0.239 e. The minimum atomic E-state index is -0.290. The van der Waals surface area contributed by atoms with Gasteiger partial charge in [-0.25, -0.2) is 0 Å². The summed E-state index contributed by atoms with van der Waals surface area (Å²) < 4.78 is 10.9. The molecule has 0 aliphatic carbocycles. The zero-order valence-corrected chi connectivity index (χ0v) is 13.8. The van der Waals surface area contributed by atoms with E-state index in [2.05, 4.69) is 5.32 Å². The molecule has 0 aromatic heterocycles. The summed E-state index contributed by atoms with van der Waals surface area (Å²) in [5.41, 5.74) is -0.290. The van der Waals surface area contributed by atoms with Gasteiger partial charge in [0.05, 0.1) is 26.3 Å². The van der Waals surface area contributed by atoms with E-state index in [1.54, 1.807) is 7.11 Å². The maximum absolute atomic E-state index is 12.1. The van der Waals surface area contributed by atoms with E-state index < -0.39 is 0 Å². The summed E-state index contributed by atoms with van der Waals surface area (Å²) in [6.45, 7) is 5.31. The molecule has 2 saturated heterocycles. The largest absolute Gasteiger partial charge is 0.383 e. The van der Waals surface area contributed by atoms with Gasteiger partial charge in [0.1, 0.15) is 11.6 Å². The lowest BCUT2D eigenvalue weighted by Crippen LogP contribution is -2.73. The number of amides is 2. The number of hydrogen-bond acceptors (Lipinski definition) is 5. The summed E-state index contributed by atoms with van der Waals surface area (Å²) in [5.74, 6) is 0.159. The van der Waals surface area contributed by atoms with Gasteiger partial charge in [0.25, 0.3) is 0 Å². The molecule has 2 rings (SSSR count). The summed E-state index contributed by atoms with van der Waals surface area (Å²) in [6.07, 6.45) is 1.46. The number of nitrogens with zero attached hydrogens (tertiary/aromatic N) is 2. The standard InChI is InChI=1S/C15H27N3O4/c1-4-5-13(19)18-10-15(11-18)9-17(2)12(8-22-15)14(20)16-6-7-21-3/h12H,4-11H2,1-3H3,(H,16,20)/t12-/m1/s1. The number of likely N-dealkylation sites (tertiary alicyclic amines) is 1.